The fraction of sp³-hybridized carbons (Fsp3) is 0.318. The van der Waals surface area contributed by atoms with Gasteiger partial charge in [0.25, 0.3) is 5.76 Å². The zero-order valence-corrected chi connectivity index (χ0v) is 17.1. The summed E-state index contributed by atoms with van der Waals surface area (Å²) in [7, 11) is 1.39. The Morgan fingerprint density at radius 2 is 1.84 bits per heavy atom. The van der Waals surface area contributed by atoms with Gasteiger partial charge in [-0.3, -0.25) is 4.79 Å². The minimum absolute atomic E-state index is 0.0231. The van der Waals surface area contributed by atoms with Crippen LogP contribution in [0, 0.1) is 0 Å². The smallest absolute Gasteiger partial charge is 0.453 e. The number of quaternary nitrogens is 1. The van der Waals surface area contributed by atoms with Crippen LogP contribution in [-0.2, 0) is 17.5 Å². The summed E-state index contributed by atoms with van der Waals surface area (Å²) in [6.45, 7) is 2.25. The predicted molar refractivity (Wildman–Crippen MR) is 105 cm³/mol. The lowest BCUT2D eigenvalue weighted by Crippen LogP contribution is -3.12. The molecule has 0 atom stereocenters. The average molecular weight is 451 g/mol. The van der Waals surface area contributed by atoms with E-state index in [0.717, 1.165) is 11.0 Å². The highest BCUT2D eigenvalue weighted by atomic mass is 19.4. The molecule has 0 bridgehead atoms. The van der Waals surface area contributed by atoms with Crippen LogP contribution in [0.15, 0.2) is 45.6 Å². The largest absolute Gasteiger partial charge is 0.872 e. The zero-order chi connectivity index (χ0) is 22.9. The Morgan fingerprint density at radius 1 is 1.12 bits per heavy atom. The van der Waals surface area contributed by atoms with Crippen molar-refractivity contribution in [1.29, 1.82) is 0 Å². The third-order valence-electron chi connectivity index (χ3n) is 5.22. The minimum Gasteiger partial charge on any atom is -0.872 e. The Balaban J connectivity index is 1.86. The second kappa shape index (κ2) is 8.71. The van der Waals surface area contributed by atoms with Crippen LogP contribution < -0.4 is 24.9 Å². The maximum absolute atomic E-state index is 13.9. The van der Waals surface area contributed by atoms with Crippen molar-refractivity contribution in [1.82, 2.24) is 0 Å². The van der Waals surface area contributed by atoms with Gasteiger partial charge in [-0.2, -0.15) is 13.2 Å². The quantitative estimate of drug-likeness (QED) is 0.640. The van der Waals surface area contributed by atoms with Gasteiger partial charge in [-0.05, 0) is 18.2 Å². The van der Waals surface area contributed by atoms with Gasteiger partial charge in [0.1, 0.15) is 36.7 Å². The minimum atomic E-state index is -5.02. The molecule has 4 rings (SSSR count). The lowest BCUT2D eigenvalue weighted by molar-refractivity contribution is -0.921. The third-order valence-corrected chi connectivity index (χ3v) is 5.22. The summed E-state index contributed by atoms with van der Waals surface area (Å²) in [5.41, 5.74) is -1.36. The molecule has 3 aromatic rings. The van der Waals surface area contributed by atoms with Gasteiger partial charge in [-0.25, -0.2) is 0 Å². The Hall–Kier alpha value is -3.24. The molecule has 0 amide bonds. The molecule has 0 aliphatic carbocycles. The van der Waals surface area contributed by atoms with Crippen molar-refractivity contribution >= 4 is 11.0 Å². The molecule has 0 saturated carbocycles. The number of methoxy groups -OCH3 is 1. The van der Waals surface area contributed by atoms with Crippen molar-refractivity contribution in [2.24, 2.45) is 0 Å². The first-order valence-electron chi connectivity index (χ1n) is 9.88. The van der Waals surface area contributed by atoms with Gasteiger partial charge in [-0.15, -0.1) is 0 Å². The van der Waals surface area contributed by atoms with Gasteiger partial charge >= 0.3 is 6.18 Å². The van der Waals surface area contributed by atoms with E-state index < -0.39 is 28.9 Å². The van der Waals surface area contributed by atoms with Gasteiger partial charge in [0, 0.05) is 11.6 Å². The van der Waals surface area contributed by atoms with Crippen molar-refractivity contribution in [3.63, 3.8) is 0 Å². The van der Waals surface area contributed by atoms with E-state index in [2.05, 4.69) is 0 Å². The number of halogens is 3. The number of nitrogens with one attached hydrogen (secondary N) is 1. The first-order valence-corrected chi connectivity index (χ1v) is 9.88. The van der Waals surface area contributed by atoms with Crippen LogP contribution in [-0.4, -0.2) is 33.4 Å². The number of benzene rings is 2. The molecule has 1 aliphatic rings. The lowest BCUT2D eigenvalue weighted by atomic mass is 10.1. The summed E-state index contributed by atoms with van der Waals surface area (Å²) < 4.78 is 62.4. The van der Waals surface area contributed by atoms with E-state index in [1.54, 1.807) is 6.07 Å². The molecule has 1 N–H and O–H groups in total. The second-order valence-electron chi connectivity index (χ2n) is 7.33. The summed E-state index contributed by atoms with van der Waals surface area (Å²) >= 11 is 0. The van der Waals surface area contributed by atoms with Crippen LogP contribution in [0.5, 0.6) is 23.0 Å². The highest BCUT2D eigenvalue weighted by Gasteiger charge is 2.41. The van der Waals surface area contributed by atoms with Gasteiger partial charge in [-0.1, -0.05) is 17.9 Å². The van der Waals surface area contributed by atoms with Crippen molar-refractivity contribution in [3.05, 3.63) is 57.9 Å². The summed E-state index contributed by atoms with van der Waals surface area (Å²) in [6.07, 6.45) is -5.02. The first kappa shape index (κ1) is 22.0. The third kappa shape index (κ3) is 4.37. The Labute approximate surface area is 180 Å². The SMILES string of the molecule is COc1cccc(Oc2c(C(F)(F)F)oc3c(C[NH+]4CCOCC4)c([O-])ccc3c2=O)c1. The molecule has 170 valence electrons. The molecular weight excluding hydrogens is 431 g/mol. The van der Waals surface area contributed by atoms with E-state index in [1.807, 2.05) is 0 Å². The number of rotatable bonds is 5. The van der Waals surface area contributed by atoms with Crippen LogP contribution >= 0.6 is 0 Å². The van der Waals surface area contributed by atoms with E-state index in [-0.39, 0.29) is 28.8 Å². The van der Waals surface area contributed by atoms with Crippen LogP contribution in [0.3, 0.4) is 0 Å². The lowest BCUT2D eigenvalue weighted by Gasteiger charge is -2.26. The molecule has 1 aliphatic heterocycles. The number of morpholine rings is 1. The molecule has 0 radical (unpaired) electrons. The van der Waals surface area contributed by atoms with Crippen LogP contribution in [0.1, 0.15) is 11.3 Å². The monoisotopic (exact) mass is 451 g/mol. The molecule has 1 saturated heterocycles. The fourth-order valence-electron chi connectivity index (χ4n) is 3.60. The van der Waals surface area contributed by atoms with Crippen LogP contribution in [0.4, 0.5) is 13.2 Å². The Bertz CT molecular complexity index is 1180. The molecule has 0 spiro atoms. The van der Waals surface area contributed by atoms with Gasteiger partial charge in [0.2, 0.25) is 11.2 Å². The summed E-state index contributed by atoms with van der Waals surface area (Å²) in [5, 5.41) is 12.3. The van der Waals surface area contributed by atoms with Gasteiger partial charge in [0.15, 0.2) is 0 Å². The zero-order valence-electron chi connectivity index (χ0n) is 17.1. The maximum atomic E-state index is 13.9. The molecule has 10 heteroatoms. The Kier molecular flexibility index (Phi) is 5.98. The highest BCUT2D eigenvalue weighted by Crippen LogP contribution is 2.39. The molecule has 7 nitrogen and oxygen atoms in total. The standard InChI is InChI=1S/C22H20F3NO6/c1-29-13-3-2-4-14(11-13)31-20-18(28)15-5-6-17(27)16(12-26-7-9-30-10-8-26)19(15)32-21(20)22(23,24)25/h2-6,11,27H,7-10,12H2,1H3. The number of fused-ring (bicyclic) bond motifs is 1. The topological polar surface area (TPSA) is 85.4 Å². The second-order valence-corrected chi connectivity index (χ2v) is 7.33. The number of hydrogen-bond donors (Lipinski definition) is 1. The van der Waals surface area contributed by atoms with E-state index >= 15 is 0 Å². The van der Waals surface area contributed by atoms with E-state index in [0.29, 0.717) is 32.1 Å². The van der Waals surface area contributed by atoms with E-state index in [1.165, 1.54) is 31.4 Å². The average Bonchev–Trinajstić information content (AvgIpc) is 2.77. The molecule has 1 fully saturated rings. The summed E-state index contributed by atoms with van der Waals surface area (Å²) in [4.78, 5) is 14.0. The molecular formula is C22H20F3NO6. The normalized spacial score (nSPS) is 15.1. The van der Waals surface area contributed by atoms with Gasteiger partial charge < -0.3 is 28.6 Å². The van der Waals surface area contributed by atoms with Crippen molar-refractivity contribution in [2.45, 2.75) is 12.7 Å². The number of ether oxygens (including phenoxy) is 3. The summed E-state index contributed by atoms with van der Waals surface area (Å²) in [6, 6.07) is 8.16. The van der Waals surface area contributed by atoms with Gasteiger partial charge in [0.05, 0.1) is 25.7 Å². The van der Waals surface area contributed by atoms with E-state index in [4.69, 9.17) is 18.6 Å². The van der Waals surface area contributed by atoms with Crippen LogP contribution in [0.2, 0.25) is 0 Å². The van der Waals surface area contributed by atoms with Crippen molar-refractivity contribution < 1.29 is 41.8 Å². The Morgan fingerprint density at radius 3 is 2.53 bits per heavy atom. The molecule has 1 aromatic heterocycles. The van der Waals surface area contributed by atoms with Crippen LogP contribution in [0.25, 0.3) is 11.0 Å². The molecule has 32 heavy (non-hydrogen) atoms. The van der Waals surface area contributed by atoms with Crippen molar-refractivity contribution in [2.75, 3.05) is 33.4 Å². The molecule has 0 unspecified atom stereocenters. The predicted octanol–water partition coefficient (Wildman–Crippen LogP) is 2.10. The number of alkyl halides is 3. The molecule has 2 heterocycles. The van der Waals surface area contributed by atoms with E-state index in [9.17, 15) is 23.1 Å². The maximum Gasteiger partial charge on any atom is 0.453 e. The fourth-order valence-corrected chi connectivity index (χ4v) is 3.60. The highest BCUT2D eigenvalue weighted by molar-refractivity contribution is 5.83. The van der Waals surface area contributed by atoms with Crippen molar-refractivity contribution in [3.8, 4) is 23.0 Å². The first-order chi connectivity index (χ1) is 15.3. The molecule has 2 aromatic carbocycles. The summed E-state index contributed by atoms with van der Waals surface area (Å²) in [5.74, 6) is -2.77. The number of hydrogen-bond acceptors (Lipinski definition) is 6.